The summed E-state index contributed by atoms with van der Waals surface area (Å²) in [5, 5.41) is 9.77. The summed E-state index contributed by atoms with van der Waals surface area (Å²) in [5.41, 5.74) is 0. The third kappa shape index (κ3) is 6.14. The van der Waals surface area contributed by atoms with E-state index in [2.05, 4.69) is 0 Å². The van der Waals surface area contributed by atoms with Crippen LogP contribution in [0.1, 0.15) is 53.4 Å². The lowest BCUT2D eigenvalue weighted by Crippen LogP contribution is -2.39. The fourth-order valence-corrected chi connectivity index (χ4v) is 2.51. The Kier molecular flexibility index (Phi) is 7.32. The Morgan fingerprint density at radius 2 is 1.90 bits per heavy atom. The van der Waals surface area contributed by atoms with Crippen LogP contribution >= 0.6 is 0 Å². The summed E-state index contributed by atoms with van der Waals surface area (Å²) in [4.78, 5) is 25.5. The maximum atomic E-state index is 12.2. The smallest absolute Gasteiger partial charge is 0.223 e. The first-order valence-corrected chi connectivity index (χ1v) is 7.93. The molecule has 1 N–H and O–H groups in total. The highest BCUT2D eigenvalue weighted by Crippen LogP contribution is 2.20. The van der Waals surface area contributed by atoms with Gasteiger partial charge in [-0.2, -0.15) is 0 Å². The second-order valence-electron chi connectivity index (χ2n) is 6.45. The Morgan fingerprint density at radius 3 is 2.48 bits per heavy atom. The molecular weight excluding hydrogens is 270 g/mol. The molecule has 1 heterocycles. The molecule has 0 radical (unpaired) electrons. The summed E-state index contributed by atoms with van der Waals surface area (Å²) in [6.45, 7) is 8.50. The number of β-amino-alcohol motifs (C(OH)–C–C–N with tert-alkyl or cyclic N) is 1. The Morgan fingerprint density at radius 1 is 1.24 bits per heavy atom. The monoisotopic (exact) mass is 299 g/mol. The molecule has 0 aromatic carbocycles. The maximum Gasteiger partial charge on any atom is 0.223 e. The lowest BCUT2D eigenvalue weighted by atomic mass is 10.0. The van der Waals surface area contributed by atoms with E-state index in [9.17, 15) is 14.7 Å². The van der Waals surface area contributed by atoms with Crippen molar-refractivity contribution in [3.05, 3.63) is 0 Å². The first-order valence-electron chi connectivity index (χ1n) is 7.93. The van der Waals surface area contributed by atoms with E-state index < -0.39 is 6.10 Å². The van der Waals surface area contributed by atoms with Gasteiger partial charge in [0, 0.05) is 25.3 Å². The van der Waals surface area contributed by atoms with E-state index in [1.165, 1.54) is 0 Å². The van der Waals surface area contributed by atoms with Crippen molar-refractivity contribution >= 4 is 11.7 Å². The van der Waals surface area contributed by atoms with Crippen molar-refractivity contribution in [2.24, 2.45) is 5.92 Å². The number of ether oxygens (including phenoxy) is 1. The second-order valence-corrected chi connectivity index (χ2v) is 6.45. The number of hydrogen-bond donors (Lipinski definition) is 1. The summed E-state index contributed by atoms with van der Waals surface area (Å²) in [5.74, 6) is 0.241. The third-order valence-corrected chi connectivity index (χ3v) is 3.79. The van der Waals surface area contributed by atoms with Crippen LogP contribution in [0.15, 0.2) is 0 Å². The molecule has 5 heteroatoms. The molecule has 0 aromatic heterocycles. The van der Waals surface area contributed by atoms with Crippen LogP contribution < -0.4 is 0 Å². The van der Waals surface area contributed by atoms with E-state index in [0.717, 1.165) is 0 Å². The molecule has 0 saturated carbocycles. The molecule has 1 saturated heterocycles. The van der Waals surface area contributed by atoms with E-state index in [0.29, 0.717) is 38.8 Å². The number of Topliss-reactive ketones (excluding diaryl/α,β-unsaturated/α-hetero) is 1. The van der Waals surface area contributed by atoms with Gasteiger partial charge in [0.2, 0.25) is 5.91 Å². The lowest BCUT2D eigenvalue weighted by molar-refractivity contribution is -0.134. The number of hydrogen-bond acceptors (Lipinski definition) is 4. The maximum absolute atomic E-state index is 12.2. The number of aliphatic hydroxyl groups excluding tert-OH is 1. The molecule has 1 amide bonds. The molecule has 2 atom stereocenters. The second kappa shape index (κ2) is 8.49. The highest BCUT2D eigenvalue weighted by molar-refractivity contribution is 5.81. The molecule has 21 heavy (non-hydrogen) atoms. The number of carbonyl (C=O) groups excluding carboxylic acids is 2. The van der Waals surface area contributed by atoms with Crippen LogP contribution in [0.25, 0.3) is 0 Å². The van der Waals surface area contributed by atoms with E-state index in [1.54, 1.807) is 4.90 Å². The summed E-state index contributed by atoms with van der Waals surface area (Å²) >= 11 is 0. The van der Waals surface area contributed by atoms with Crippen LogP contribution in [0.2, 0.25) is 0 Å². The largest absolute Gasteiger partial charge is 0.391 e. The van der Waals surface area contributed by atoms with Gasteiger partial charge < -0.3 is 14.7 Å². The van der Waals surface area contributed by atoms with Gasteiger partial charge in [-0.3, -0.25) is 9.59 Å². The molecule has 5 nitrogen and oxygen atoms in total. The number of rotatable bonds is 8. The van der Waals surface area contributed by atoms with Gasteiger partial charge in [0.25, 0.3) is 0 Å². The first kappa shape index (κ1) is 18.1. The quantitative estimate of drug-likeness (QED) is 0.742. The van der Waals surface area contributed by atoms with Gasteiger partial charge in [0.15, 0.2) is 0 Å². The molecule has 0 bridgehead atoms. The molecule has 0 spiro atoms. The SMILES string of the molecule is CC(C)OC[C@@H]1C[C@@H](O)CN1C(=O)CCCC(=O)C(C)C. The van der Waals surface area contributed by atoms with Gasteiger partial charge in [-0.1, -0.05) is 13.8 Å². The zero-order chi connectivity index (χ0) is 16.0. The molecule has 1 aliphatic rings. The van der Waals surface area contributed by atoms with E-state index in [4.69, 9.17) is 4.74 Å². The molecule has 1 fully saturated rings. The third-order valence-electron chi connectivity index (χ3n) is 3.79. The van der Waals surface area contributed by atoms with Crippen LogP contribution in [0.5, 0.6) is 0 Å². The van der Waals surface area contributed by atoms with Gasteiger partial charge in [-0.05, 0) is 26.7 Å². The Hall–Kier alpha value is -0.940. The van der Waals surface area contributed by atoms with E-state index in [1.807, 2.05) is 27.7 Å². The number of nitrogens with zero attached hydrogens (tertiary/aromatic N) is 1. The average molecular weight is 299 g/mol. The predicted octanol–water partition coefficient (Wildman–Crippen LogP) is 1.77. The fraction of sp³-hybridized carbons (Fsp3) is 0.875. The highest BCUT2D eigenvalue weighted by atomic mass is 16.5. The molecular formula is C16H29NO4. The molecule has 1 rings (SSSR count). The highest BCUT2D eigenvalue weighted by Gasteiger charge is 2.34. The first-order chi connectivity index (χ1) is 9.81. The van der Waals surface area contributed by atoms with Gasteiger partial charge in [-0.15, -0.1) is 0 Å². The topological polar surface area (TPSA) is 66.8 Å². The lowest BCUT2D eigenvalue weighted by Gasteiger charge is -2.25. The normalized spacial score (nSPS) is 22.3. The summed E-state index contributed by atoms with van der Waals surface area (Å²) in [6.07, 6.45) is 1.62. The van der Waals surface area contributed by atoms with E-state index >= 15 is 0 Å². The molecule has 1 aliphatic heterocycles. The average Bonchev–Trinajstić information content (AvgIpc) is 2.77. The van der Waals surface area contributed by atoms with Crippen molar-refractivity contribution in [2.45, 2.75) is 71.6 Å². The Labute approximate surface area is 127 Å². The minimum absolute atomic E-state index is 0.0143. The molecule has 122 valence electrons. The van der Waals surface area contributed by atoms with Crippen LogP contribution in [-0.2, 0) is 14.3 Å². The van der Waals surface area contributed by atoms with Crippen molar-refractivity contribution in [2.75, 3.05) is 13.2 Å². The zero-order valence-electron chi connectivity index (χ0n) is 13.7. The summed E-state index contributed by atoms with van der Waals surface area (Å²) in [6, 6.07) is -0.0456. The van der Waals surface area contributed by atoms with Crippen LogP contribution in [-0.4, -0.2) is 53.1 Å². The number of ketones is 1. The number of likely N-dealkylation sites (tertiary alicyclic amines) is 1. The van der Waals surface area contributed by atoms with Crippen molar-refractivity contribution < 1.29 is 19.4 Å². The van der Waals surface area contributed by atoms with Crippen LogP contribution in [0.3, 0.4) is 0 Å². The Bertz CT molecular complexity index is 354. The van der Waals surface area contributed by atoms with Gasteiger partial charge in [0.05, 0.1) is 24.9 Å². The minimum Gasteiger partial charge on any atom is -0.391 e. The Balaban J connectivity index is 2.41. The predicted molar refractivity (Wildman–Crippen MR) is 80.9 cm³/mol. The zero-order valence-corrected chi connectivity index (χ0v) is 13.7. The minimum atomic E-state index is -0.466. The van der Waals surface area contributed by atoms with Gasteiger partial charge >= 0.3 is 0 Å². The molecule has 0 aromatic rings. The molecule has 0 unspecified atom stereocenters. The van der Waals surface area contributed by atoms with Gasteiger partial charge in [0.1, 0.15) is 5.78 Å². The fourth-order valence-electron chi connectivity index (χ4n) is 2.51. The van der Waals surface area contributed by atoms with Crippen molar-refractivity contribution in [1.82, 2.24) is 4.90 Å². The summed E-state index contributed by atoms with van der Waals surface area (Å²) in [7, 11) is 0. The van der Waals surface area contributed by atoms with E-state index in [-0.39, 0.29) is 29.8 Å². The number of amides is 1. The number of carbonyl (C=O) groups is 2. The standard InChI is InChI=1S/C16H29NO4/c1-11(2)15(19)6-5-7-16(20)17-9-14(18)8-13(17)10-21-12(3)4/h11-14,18H,5-10H2,1-4H3/t13-,14+/m0/s1. The number of aliphatic hydroxyl groups is 1. The van der Waals surface area contributed by atoms with Crippen molar-refractivity contribution in [3.8, 4) is 0 Å². The summed E-state index contributed by atoms with van der Waals surface area (Å²) < 4.78 is 5.57. The van der Waals surface area contributed by atoms with Crippen molar-refractivity contribution in [3.63, 3.8) is 0 Å². The molecule has 0 aliphatic carbocycles. The van der Waals surface area contributed by atoms with Crippen LogP contribution in [0, 0.1) is 5.92 Å². The van der Waals surface area contributed by atoms with Gasteiger partial charge in [-0.25, -0.2) is 0 Å². The van der Waals surface area contributed by atoms with Crippen molar-refractivity contribution in [1.29, 1.82) is 0 Å². The van der Waals surface area contributed by atoms with Crippen LogP contribution in [0.4, 0.5) is 0 Å².